The number of nitrogens with zero attached hydrogens (tertiary/aromatic N) is 3. The van der Waals surface area contributed by atoms with Gasteiger partial charge in [-0.3, -0.25) is 14.2 Å². The summed E-state index contributed by atoms with van der Waals surface area (Å²) in [5.41, 5.74) is 5.95. The van der Waals surface area contributed by atoms with Crippen molar-refractivity contribution in [1.29, 1.82) is 0 Å². The van der Waals surface area contributed by atoms with Crippen LogP contribution in [-0.4, -0.2) is 33.5 Å². The largest absolute Gasteiger partial charge is 0.368 e. The van der Waals surface area contributed by atoms with Gasteiger partial charge in [0.05, 0.1) is 11.1 Å². The highest BCUT2D eigenvalue weighted by atomic mass is 32.1. The Morgan fingerprint density at radius 1 is 1.23 bits per heavy atom. The average Bonchev–Trinajstić information content (AvgIpc) is 2.98. The number of likely N-dealkylation sites (N-methyl/N-ethyl adjacent to an activating group) is 1. The Bertz CT molecular complexity index is 1130. The number of primary amides is 1. The molecule has 0 fully saturated rings. The number of thiophene rings is 1. The van der Waals surface area contributed by atoms with Gasteiger partial charge in [0, 0.05) is 18.0 Å². The van der Waals surface area contributed by atoms with Gasteiger partial charge in [-0.2, -0.15) is 0 Å². The summed E-state index contributed by atoms with van der Waals surface area (Å²) in [4.78, 5) is 41.6. The summed E-state index contributed by atoms with van der Waals surface area (Å²) in [7, 11) is 2.02. The van der Waals surface area contributed by atoms with E-state index < -0.39 is 11.6 Å². The van der Waals surface area contributed by atoms with Gasteiger partial charge in [0.15, 0.2) is 0 Å². The van der Waals surface area contributed by atoms with Crippen molar-refractivity contribution in [1.82, 2.24) is 14.0 Å². The van der Waals surface area contributed by atoms with Crippen molar-refractivity contribution in [2.45, 2.75) is 19.5 Å². The third-order valence-corrected chi connectivity index (χ3v) is 5.88. The molecule has 1 aliphatic heterocycles. The van der Waals surface area contributed by atoms with E-state index in [1.54, 1.807) is 24.3 Å². The highest BCUT2D eigenvalue weighted by Gasteiger charge is 2.25. The van der Waals surface area contributed by atoms with E-state index in [2.05, 4.69) is 4.90 Å². The molecule has 0 unspecified atom stereocenters. The van der Waals surface area contributed by atoms with Gasteiger partial charge >= 0.3 is 5.69 Å². The van der Waals surface area contributed by atoms with Gasteiger partial charge in [0.25, 0.3) is 5.56 Å². The third-order valence-electron chi connectivity index (χ3n) is 4.64. The van der Waals surface area contributed by atoms with Crippen LogP contribution in [0.15, 0.2) is 39.9 Å². The van der Waals surface area contributed by atoms with Crippen molar-refractivity contribution >= 4 is 27.5 Å². The Labute approximate surface area is 152 Å². The van der Waals surface area contributed by atoms with Crippen LogP contribution in [-0.2, 0) is 24.3 Å². The maximum Gasteiger partial charge on any atom is 0.337 e. The lowest BCUT2D eigenvalue weighted by Gasteiger charge is -2.21. The minimum Gasteiger partial charge on any atom is -0.368 e. The van der Waals surface area contributed by atoms with Crippen LogP contribution in [0.5, 0.6) is 0 Å². The molecule has 1 aliphatic rings. The Balaban J connectivity index is 2.12. The number of hydrogen-bond acceptors (Lipinski definition) is 5. The van der Waals surface area contributed by atoms with Crippen LogP contribution in [0.1, 0.15) is 10.4 Å². The maximum absolute atomic E-state index is 13.2. The summed E-state index contributed by atoms with van der Waals surface area (Å²) < 4.78 is 2.46. The van der Waals surface area contributed by atoms with Crippen LogP contribution in [0.4, 0.5) is 0 Å². The molecule has 134 valence electrons. The second-order valence-corrected chi connectivity index (χ2v) is 7.57. The summed E-state index contributed by atoms with van der Waals surface area (Å²) in [6, 6.07) is 8.76. The average molecular weight is 370 g/mol. The van der Waals surface area contributed by atoms with Gasteiger partial charge in [0.1, 0.15) is 11.4 Å². The second kappa shape index (κ2) is 6.22. The Morgan fingerprint density at radius 2 is 1.96 bits per heavy atom. The predicted molar refractivity (Wildman–Crippen MR) is 101 cm³/mol. The van der Waals surface area contributed by atoms with Crippen molar-refractivity contribution in [2.24, 2.45) is 5.73 Å². The first-order valence-corrected chi connectivity index (χ1v) is 9.11. The minimum absolute atomic E-state index is 0.252. The molecule has 3 heterocycles. The van der Waals surface area contributed by atoms with Crippen molar-refractivity contribution < 1.29 is 4.79 Å². The SMILES string of the molecule is CN1CCc2c(sc3c2c(=O)n(-c2ccccc2)c(=O)n3CC(N)=O)C1. The van der Waals surface area contributed by atoms with Crippen LogP contribution in [0, 0.1) is 0 Å². The normalized spacial score (nSPS) is 14.5. The van der Waals surface area contributed by atoms with E-state index in [1.165, 1.54) is 15.9 Å². The molecule has 2 N–H and O–H groups in total. The van der Waals surface area contributed by atoms with Gasteiger partial charge in [0.2, 0.25) is 5.91 Å². The number of para-hydroxylation sites is 1. The number of rotatable bonds is 3. The van der Waals surface area contributed by atoms with Crippen LogP contribution in [0.25, 0.3) is 15.9 Å². The molecular weight excluding hydrogens is 352 g/mol. The molecule has 0 saturated carbocycles. The predicted octanol–water partition coefficient (Wildman–Crippen LogP) is 0.687. The zero-order valence-corrected chi connectivity index (χ0v) is 15.1. The topological polar surface area (TPSA) is 90.3 Å². The molecule has 0 radical (unpaired) electrons. The molecule has 1 aromatic carbocycles. The number of aromatic nitrogens is 2. The van der Waals surface area contributed by atoms with Crippen LogP contribution >= 0.6 is 11.3 Å². The molecule has 4 rings (SSSR count). The molecule has 0 atom stereocenters. The zero-order chi connectivity index (χ0) is 18.4. The number of benzene rings is 1. The van der Waals surface area contributed by atoms with E-state index in [-0.39, 0.29) is 12.1 Å². The molecule has 0 aliphatic carbocycles. The lowest BCUT2D eigenvalue weighted by atomic mass is 10.1. The minimum atomic E-state index is -0.616. The Kier molecular flexibility index (Phi) is 4.01. The first-order chi connectivity index (χ1) is 12.5. The van der Waals surface area contributed by atoms with Crippen molar-refractivity contribution in [3.63, 3.8) is 0 Å². The lowest BCUT2D eigenvalue weighted by Crippen LogP contribution is -2.40. The fourth-order valence-electron chi connectivity index (χ4n) is 3.43. The van der Waals surface area contributed by atoms with Gasteiger partial charge in [-0.1, -0.05) is 18.2 Å². The summed E-state index contributed by atoms with van der Waals surface area (Å²) in [5, 5.41) is 0.530. The van der Waals surface area contributed by atoms with Crippen LogP contribution < -0.4 is 17.0 Å². The quantitative estimate of drug-likeness (QED) is 0.734. The number of amides is 1. The molecular formula is C18H18N4O3S. The van der Waals surface area contributed by atoms with E-state index in [0.717, 1.165) is 34.5 Å². The molecule has 0 spiro atoms. The van der Waals surface area contributed by atoms with Crippen LogP contribution in [0.3, 0.4) is 0 Å². The van der Waals surface area contributed by atoms with Crippen LogP contribution in [0.2, 0.25) is 0 Å². The summed E-state index contributed by atoms with van der Waals surface area (Å²) >= 11 is 1.40. The number of fused-ring (bicyclic) bond motifs is 3. The highest BCUT2D eigenvalue weighted by molar-refractivity contribution is 7.18. The maximum atomic E-state index is 13.2. The fraction of sp³-hybridized carbons (Fsp3) is 0.278. The van der Waals surface area contributed by atoms with E-state index in [0.29, 0.717) is 15.9 Å². The van der Waals surface area contributed by atoms with E-state index in [1.807, 2.05) is 13.1 Å². The Morgan fingerprint density at radius 3 is 2.65 bits per heavy atom. The monoisotopic (exact) mass is 370 g/mol. The van der Waals surface area contributed by atoms with Crippen molar-refractivity contribution in [3.8, 4) is 5.69 Å². The number of carbonyl (C=O) groups is 1. The molecule has 0 bridgehead atoms. The number of carbonyl (C=O) groups excluding carboxylic acids is 1. The highest BCUT2D eigenvalue weighted by Crippen LogP contribution is 2.32. The first kappa shape index (κ1) is 16.7. The summed E-state index contributed by atoms with van der Waals surface area (Å²) in [5.74, 6) is -0.616. The molecule has 7 nitrogen and oxygen atoms in total. The van der Waals surface area contributed by atoms with Gasteiger partial charge in [-0.15, -0.1) is 11.3 Å². The number of nitrogens with two attached hydrogens (primary N) is 1. The second-order valence-electron chi connectivity index (χ2n) is 6.48. The number of hydrogen-bond donors (Lipinski definition) is 1. The molecule has 2 aromatic heterocycles. The van der Waals surface area contributed by atoms with Gasteiger partial charge < -0.3 is 10.6 Å². The molecule has 8 heteroatoms. The smallest absolute Gasteiger partial charge is 0.337 e. The molecule has 0 saturated heterocycles. The van der Waals surface area contributed by atoms with E-state index in [4.69, 9.17) is 5.73 Å². The standard InChI is InChI=1S/C18H18N4O3S/c1-20-8-7-12-13(9-20)26-17-15(12)16(24)22(11-5-3-2-4-6-11)18(25)21(17)10-14(19)23/h2-6H,7-10H2,1H3,(H2,19,23). The fourth-order valence-corrected chi connectivity index (χ4v) is 4.84. The van der Waals surface area contributed by atoms with Gasteiger partial charge in [-0.05, 0) is 31.2 Å². The van der Waals surface area contributed by atoms with E-state index >= 15 is 0 Å². The summed E-state index contributed by atoms with van der Waals surface area (Å²) in [6.07, 6.45) is 0.741. The summed E-state index contributed by atoms with van der Waals surface area (Å²) in [6.45, 7) is 1.32. The lowest BCUT2D eigenvalue weighted by molar-refractivity contribution is -0.118. The molecule has 26 heavy (non-hydrogen) atoms. The zero-order valence-electron chi connectivity index (χ0n) is 14.3. The first-order valence-electron chi connectivity index (χ1n) is 8.29. The van der Waals surface area contributed by atoms with Crippen molar-refractivity contribution in [2.75, 3.05) is 13.6 Å². The molecule has 3 aromatic rings. The Hall–Kier alpha value is -2.71. The third kappa shape index (κ3) is 2.58. The van der Waals surface area contributed by atoms with E-state index in [9.17, 15) is 14.4 Å². The molecule has 1 amide bonds. The van der Waals surface area contributed by atoms with Crippen molar-refractivity contribution in [3.05, 3.63) is 61.6 Å². The van der Waals surface area contributed by atoms with Gasteiger partial charge in [-0.25, -0.2) is 9.36 Å².